The first kappa shape index (κ1) is 32.6. The lowest BCUT2D eigenvalue weighted by atomic mass is 9.70. The van der Waals surface area contributed by atoms with Crippen molar-refractivity contribution in [3.05, 3.63) is 240 Å². The summed E-state index contributed by atoms with van der Waals surface area (Å²) in [5.41, 5.74) is 16.2. The molecular weight excluding hydrogens is 700 g/mol. The van der Waals surface area contributed by atoms with Gasteiger partial charge >= 0.3 is 0 Å². The Balaban J connectivity index is 1.16. The van der Waals surface area contributed by atoms with E-state index in [4.69, 9.17) is 11.6 Å². The van der Waals surface area contributed by atoms with Crippen molar-refractivity contribution in [2.24, 2.45) is 0 Å². The van der Waals surface area contributed by atoms with Gasteiger partial charge in [0.1, 0.15) is 0 Å². The van der Waals surface area contributed by atoms with Gasteiger partial charge in [-0.3, -0.25) is 0 Å². The van der Waals surface area contributed by atoms with Crippen LogP contribution < -0.4 is 9.80 Å². The molecule has 56 heavy (non-hydrogen) atoms. The molecule has 264 valence electrons. The highest BCUT2D eigenvalue weighted by molar-refractivity contribution is 6.31. The normalized spacial score (nSPS) is 12.9. The molecule has 0 aliphatic heterocycles. The van der Waals surface area contributed by atoms with E-state index < -0.39 is 5.41 Å². The molecule has 0 saturated carbocycles. The van der Waals surface area contributed by atoms with Crippen LogP contribution in [0.4, 0.5) is 34.1 Å². The summed E-state index contributed by atoms with van der Waals surface area (Å²) in [6.45, 7) is 0. The molecule has 11 rings (SSSR count). The van der Waals surface area contributed by atoms with Crippen LogP contribution in [-0.4, -0.2) is 0 Å². The fourth-order valence-electron chi connectivity index (χ4n) is 9.46. The third-order valence-corrected chi connectivity index (χ3v) is 11.9. The number of para-hydroxylation sites is 1. The monoisotopic (exact) mass is 734 g/mol. The van der Waals surface area contributed by atoms with E-state index in [2.05, 4.69) is 210 Å². The fraction of sp³-hybridized carbons (Fsp3) is 0.0189. The molecule has 2 nitrogen and oxygen atoms in total. The molecule has 0 N–H and O–H groups in total. The maximum Gasteiger partial charge on any atom is 0.0726 e. The molecule has 0 atom stereocenters. The van der Waals surface area contributed by atoms with Crippen LogP contribution in [0.2, 0.25) is 5.02 Å². The van der Waals surface area contributed by atoms with Crippen LogP contribution in [0.15, 0.2) is 212 Å². The second kappa shape index (κ2) is 12.9. The minimum atomic E-state index is -0.447. The molecule has 0 unspecified atom stereocenters. The molecule has 2 aliphatic rings. The van der Waals surface area contributed by atoms with Gasteiger partial charge in [-0.15, -0.1) is 0 Å². The van der Waals surface area contributed by atoms with Gasteiger partial charge in [-0.25, -0.2) is 0 Å². The summed E-state index contributed by atoms with van der Waals surface area (Å²) >= 11 is 6.83. The standard InChI is InChI=1S/C53H35ClN2/c54-38-17-12-20-40(34-38)56(42-22-13-21-41(35-42)55(39-18-2-1-3-19-39)43-32-31-36-15-4-5-16-37(36)33-43)51-30-14-29-50-52(51)46-25-8-11-28-49(46)53(50)47-26-9-6-23-44(47)45-24-7-10-27-48(45)53/h1-35H. The van der Waals surface area contributed by atoms with E-state index >= 15 is 0 Å². The topological polar surface area (TPSA) is 6.48 Å². The lowest BCUT2D eigenvalue weighted by molar-refractivity contribution is 0.794. The zero-order valence-electron chi connectivity index (χ0n) is 30.5. The van der Waals surface area contributed by atoms with Gasteiger partial charge in [-0.2, -0.15) is 0 Å². The summed E-state index contributed by atoms with van der Waals surface area (Å²) in [4.78, 5) is 4.73. The van der Waals surface area contributed by atoms with Gasteiger partial charge in [-0.05, 0) is 116 Å². The van der Waals surface area contributed by atoms with Crippen molar-refractivity contribution in [2.75, 3.05) is 9.80 Å². The minimum absolute atomic E-state index is 0.447. The lowest BCUT2D eigenvalue weighted by Crippen LogP contribution is -2.26. The second-order valence-corrected chi connectivity index (χ2v) is 15.1. The molecule has 0 heterocycles. The molecule has 0 aromatic heterocycles. The number of halogens is 1. The van der Waals surface area contributed by atoms with E-state index in [1.165, 1.54) is 55.3 Å². The summed E-state index contributed by atoms with van der Waals surface area (Å²) in [5.74, 6) is 0. The predicted molar refractivity (Wildman–Crippen MR) is 235 cm³/mol. The first-order valence-electron chi connectivity index (χ1n) is 19.1. The van der Waals surface area contributed by atoms with E-state index in [1.807, 2.05) is 12.1 Å². The quantitative estimate of drug-likeness (QED) is 0.168. The molecule has 0 fully saturated rings. The molecule has 1 spiro atoms. The van der Waals surface area contributed by atoms with Crippen molar-refractivity contribution >= 4 is 56.5 Å². The third-order valence-electron chi connectivity index (χ3n) is 11.7. The third kappa shape index (κ3) is 4.83. The predicted octanol–water partition coefficient (Wildman–Crippen LogP) is 14.8. The van der Waals surface area contributed by atoms with E-state index in [1.54, 1.807) is 0 Å². The van der Waals surface area contributed by atoms with Crippen LogP contribution in [0.3, 0.4) is 0 Å². The van der Waals surface area contributed by atoms with Crippen LogP contribution in [-0.2, 0) is 5.41 Å². The number of benzene rings is 9. The number of anilines is 6. The first-order chi connectivity index (χ1) is 27.7. The van der Waals surface area contributed by atoms with Gasteiger partial charge in [0.2, 0.25) is 0 Å². The highest BCUT2D eigenvalue weighted by atomic mass is 35.5. The highest BCUT2D eigenvalue weighted by Crippen LogP contribution is 2.64. The van der Waals surface area contributed by atoms with Gasteiger partial charge in [0.15, 0.2) is 0 Å². The molecule has 0 amide bonds. The zero-order valence-corrected chi connectivity index (χ0v) is 31.2. The van der Waals surface area contributed by atoms with Gasteiger partial charge in [-0.1, -0.05) is 157 Å². The van der Waals surface area contributed by atoms with E-state index in [9.17, 15) is 0 Å². The maximum absolute atomic E-state index is 6.83. The lowest BCUT2D eigenvalue weighted by Gasteiger charge is -2.32. The molecular formula is C53H35ClN2. The average Bonchev–Trinajstić information content (AvgIpc) is 3.73. The number of nitrogens with zero attached hydrogens (tertiary/aromatic N) is 2. The number of rotatable bonds is 6. The van der Waals surface area contributed by atoms with Gasteiger partial charge < -0.3 is 9.80 Å². The van der Waals surface area contributed by atoms with Crippen molar-refractivity contribution in [3.63, 3.8) is 0 Å². The molecule has 0 bridgehead atoms. The minimum Gasteiger partial charge on any atom is -0.310 e. The molecule has 2 aliphatic carbocycles. The summed E-state index contributed by atoms with van der Waals surface area (Å²) in [7, 11) is 0. The Labute approximate surface area is 332 Å². The van der Waals surface area contributed by atoms with Crippen molar-refractivity contribution in [1.82, 2.24) is 0 Å². The van der Waals surface area contributed by atoms with Crippen molar-refractivity contribution in [3.8, 4) is 22.3 Å². The van der Waals surface area contributed by atoms with Gasteiger partial charge in [0.05, 0.1) is 11.1 Å². The van der Waals surface area contributed by atoms with Crippen LogP contribution in [0.25, 0.3) is 33.0 Å². The molecule has 9 aromatic carbocycles. The second-order valence-electron chi connectivity index (χ2n) is 14.6. The van der Waals surface area contributed by atoms with E-state index in [0.717, 1.165) is 34.1 Å². The molecule has 0 radical (unpaired) electrons. The first-order valence-corrected chi connectivity index (χ1v) is 19.5. The number of fused-ring (bicyclic) bond motifs is 11. The maximum atomic E-state index is 6.83. The summed E-state index contributed by atoms with van der Waals surface area (Å²) in [5, 5.41) is 3.10. The Morgan fingerprint density at radius 3 is 1.54 bits per heavy atom. The Bertz CT molecular complexity index is 2920. The van der Waals surface area contributed by atoms with Crippen molar-refractivity contribution in [1.29, 1.82) is 0 Å². The Morgan fingerprint density at radius 2 is 0.821 bits per heavy atom. The van der Waals surface area contributed by atoms with Crippen LogP contribution in [0, 0.1) is 0 Å². The van der Waals surface area contributed by atoms with E-state index in [0.29, 0.717) is 5.02 Å². The number of hydrogen-bond donors (Lipinski definition) is 0. The van der Waals surface area contributed by atoms with Crippen LogP contribution in [0.5, 0.6) is 0 Å². The zero-order chi connectivity index (χ0) is 37.2. The van der Waals surface area contributed by atoms with Crippen molar-refractivity contribution in [2.45, 2.75) is 5.41 Å². The summed E-state index contributed by atoms with van der Waals surface area (Å²) in [6.07, 6.45) is 0. The largest absolute Gasteiger partial charge is 0.310 e. The Kier molecular flexibility index (Phi) is 7.48. The van der Waals surface area contributed by atoms with Gasteiger partial charge in [0, 0.05) is 39.0 Å². The fourth-order valence-corrected chi connectivity index (χ4v) is 9.65. The average molecular weight is 735 g/mol. The van der Waals surface area contributed by atoms with Crippen molar-refractivity contribution < 1.29 is 0 Å². The summed E-state index contributed by atoms with van der Waals surface area (Å²) in [6, 6.07) is 76.8. The SMILES string of the molecule is Clc1cccc(N(c2cccc(N(c3ccccc3)c3ccc4ccccc4c3)c2)c2cccc3c2-c2ccccc2C32c3ccccc3-c3ccccc32)c1. The number of hydrogen-bond acceptors (Lipinski definition) is 2. The Morgan fingerprint density at radius 1 is 0.321 bits per heavy atom. The highest BCUT2D eigenvalue weighted by Gasteiger charge is 2.52. The molecule has 3 heteroatoms. The molecule has 0 saturated heterocycles. The van der Waals surface area contributed by atoms with Crippen LogP contribution in [0.1, 0.15) is 22.3 Å². The Hall–Kier alpha value is -6.87. The van der Waals surface area contributed by atoms with E-state index in [-0.39, 0.29) is 0 Å². The molecule has 9 aromatic rings. The smallest absolute Gasteiger partial charge is 0.0726 e. The van der Waals surface area contributed by atoms with Crippen LogP contribution >= 0.6 is 11.6 Å². The summed E-state index contributed by atoms with van der Waals surface area (Å²) < 4.78 is 0. The van der Waals surface area contributed by atoms with Gasteiger partial charge in [0.25, 0.3) is 0 Å².